The van der Waals surface area contributed by atoms with Crippen molar-refractivity contribution >= 4 is 11.9 Å². The zero-order valence-electron chi connectivity index (χ0n) is 11.9. The summed E-state index contributed by atoms with van der Waals surface area (Å²) in [6.07, 6.45) is 0. The Morgan fingerprint density at radius 2 is 1.82 bits per heavy atom. The molecule has 0 aliphatic rings. The molecule has 0 aliphatic heterocycles. The molecule has 0 radical (unpaired) electrons. The number of carbonyl (C=O) groups is 2. The maximum absolute atomic E-state index is 12.3. The Morgan fingerprint density at radius 1 is 1.14 bits per heavy atom. The highest BCUT2D eigenvalue weighted by Crippen LogP contribution is 2.21. The predicted molar refractivity (Wildman–Crippen MR) is 80.1 cm³/mol. The van der Waals surface area contributed by atoms with E-state index in [2.05, 4.69) is 5.32 Å². The molecule has 2 aromatic carbocycles. The summed E-state index contributed by atoms with van der Waals surface area (Å²) in [6.45, 7) is 1.43. The Labute approximate surface area is 127 Å². The van der Waals surface area contributed by atoms with E-state index in [1.54, 1.807) is 42.5 Å². The number of carbonyl (C=O) groups excluding carboxylic acids is 1. The quantitative estimate of drug-likeness (QED) is 0.905. The second-order valence-corrected chi connectivity index (χ2v) is 4.94. The van der Waals surface area contributed by atoms with E-state index in [1.165, 1.54) is 19.1 Å². The zero-order valence-corrected chi connectivity index (χ0v) is 11.9. The van der Waals surface area contributed by atoms with E-state index in [4.69, 9.17) is 5.26 Å². The van der Waals surface area contributed by atoms with Gasteiger partial charge in [-0.1, -0.05) is 36.4 Å². The molecule has 1 unspecified atom stereocenters. The topological polar surface area (TPSA) is 90.2 Å². The van der Waals surface area contributed by atoms with Crippen LogP contribution in [0.5, 0.6) is 0 Å². The van der Waals surface area contributed by atoms with Crippen LogP contribution in [0.25, 0.3) is 0 Å². The van der Waals surface area contributed by atoms with Crippen molar-refractivity contribution in [3.63, 3.8) is 0 Å². The molecule has 0 saturated carbocycles. The zero-order chi connectivity index (χ0) is 16.2. The molecule has 0 aromatic heterocycles. The first-order valence-corrected chi connectivity index (χ1v) is 6.59. The lowest BCUT2D eigenvalue weighted by Crippen LogP contribution is -2.49. The number of hydrogen-bond acceptors (Lipinski definition) is 3. The Kier molecular flexibility index (Phi) is 4.23. The summed E-state index contributed by atoms with van der Waals surface area (Å²) in [5.41, 5.74) is -0.514. The number of nitriles is 1. The van der Waals surface area contributed by atoms with Gasteiger partial charge in [0.2, 0.25) is 0 Å². The van der Waals surface area contributed by atoms with E-state index in [-0.39, 0.29) is 5.56 Å². The minimum atomic E-state index is -1.55. The van der Waals surface area contributed by atoms with Gasteiger partial charge in [-0.15, -0.1) is 0 Å². The number of aliphatic carboxylic acids is 1. The van der Waals surface area contributed by atoms with Crippen molar-refractivity contribution in [3.8, 4) is 6.07 Å². The van der Waals surface area contributed by atoms with Crippen molar-refractivity contribution in [2.45, 2.75) is 12.5 Å². The molecule has 2 N–H and O–H groups in total. The van der Waals surface area contributed by atoms with Crippen LogP contribution in [0, 0.1) is 11.3 Å². The Morgan fingerprint density at radius 3 is 2.41 bits per heavy atom. The number of amides is 1. The summed E-state index contributed by atoms with van der Waals surface area (Å²) in [4.78, 5) is 24.0. The molecule has 110 valence electrons. The average Bonchev–Trinajstić information content (AvgIpc) is 2.55. The fraction of sp³-hybridized carbons (Fsp3) is 0.118. The molecular formula is C17H14N2O3. The van der Waals surface area contributed by atoms with Crippen LogP contribution < -0.4 is 5.32 Å². The summed E-state index contributed by atoms with van der Waals surface area (Å²) in [5, 5.41) is 20.9. The minimum Gasteiger partial charge on any atom is -0.479 e. The second-order valence-electron chi connectivity index (χ2n) is 4.94. The standard InChI is InChI=1S/C17H14N2O3/c1-17(16(21)22,14-8-3-2-4-9-14)19-15(20)13-7-5-6-12(10-13)11-18/h2-10H,1H3,(H,19,20)(H,21,22). The molecule has 0 saturated heterocycles. The van der Waals surface area contributed by atoms with Crippen LogP contribution in [0.15, 0.2) is 54.6 Å². The number of rotatable bonds is 4. The molecule has 0 bridgehead atoms. The molecule has 22 heavy (non-hydrogen) atoms. The van der Waals surface area contributed by atoms with Gasteiger partial charge in [-0.3, -0.25) is 4.79 Å². The van der Waals surface area contributed by atoms with Crippen LogP contribution in [0.2, 0.25) is 0 Å². The highest BCUT2D eigenvalue weighted by Gasteiger charge is 2.37. The Bertz CT molecular complexity index is 750. The number of benzene rings is 2. The van der Waals surface area contributed by atoms with Gasteiger partial charge in [0.15, 0.2) is 5.54 Å². The summed E-state index contributed by atoms with van der Waals surface area (Å²) in [7, 11) is 0. The fourth-order valence-electron chi connectivity index (χ4n) is 2.05. The van der Waals surface area contributed by atoms with Gasteiger partial charge in [-0.05, 0) is 30.7 Å². The Hall–Kier alpha value is -3.13. The van der Waals surface area contributed by atoms with Gasteiger partial charge in [-0.25, -0.2) is 4.79 Å². The number of nitrogens with zero attached hydrogens (tertiary/aromatic N) is 1. The van der Waals surface area contributed by atoms with Gasteiger partial charge in [-0.2, -0.15) is 5.26 Å². The fourth-order valence-corrected chi connectivity index (χ4v) is 2.05. The summed E-state index contributed by atoms with van der Waals surface area (Å²) in [5.74, 6) is -1.71. The molecule has 2 rings (SSSR count). The maximum atomic E-state index is 12.3. The number of carboxylic acid groups (broad SMARTS) is 1. The van der Waals surface area contributed by atoms with Crippen molar-refractivity contribution in [1.29, 1.82) is 5.26 Å². The van der Waals surface area contributed by atoms with Crippen LogP contribution >= 0.6 is 0 Å². The van der Waals surface area contributed by atoms with E-state index in [1.807, 2.05) is 6.07 Å². The van der Waals surface area contributed by atoms with E-state index in [0.717, 1.165) is 0 Å². The van der Waals surface area contributed by atoms with Crippen molar-refractivity contribution in [3.05, 3.63) is 71.3 Å². The van der Waals surface area contributed by atoms with E-state index in [0.29, 0.717) is 11.1 Å². The van der Waals surface area contributed by atoms with Crippen molar-refractivity contribution in [2.24, 2.45) is 0 Å². The first kappa shape index (κ1) is 15.3. The molecule has 1 amide bonds. The molecule has 0 fully saturated rings. The predicted octanol–water partition coefficient (Wildman–Crippen LogP) is 2.29. The average molecular weight is 294 g/mol. The maximum Gasteiger partial charge on any atom is 0.333 e. The van der Waals surface area contributed by atoms with Crippen LogP contribution in [-0.4, -0.2) is 17.0 Å². The van der Waals surface area contributed by atoms with Gasteiger partial charge in [0.1, 0.15) is 0 Å². The summed E-state index contributed by atoms with van der Waals surface area (Å²) < 4.78 is 0. The van der Waals surface area contributed by atoms with Crippen LogP contribution in [0.4, 0.5) is 0 Å². The number of hydrogen-bond donors (Lipinski definition) is 2. The van der Waals surface area contributed by atoms with E-state index < -0.39 is 17.4 Å². The van der Waals surface area contributed by atoms with E-state index >= 15 is 0 Å². The van der Waals surface area contributed by atoms with Gasteiger partial charge in [0.25, 0.3) is 5.91 Å². The normalized spacial score (nSPS) is 12.7. The van der Waals surface area contributed by atoms with Crippen molar-refractivity contribution in [2.75, 3.05) is 0 Å². The minimum absolute atomic E-state index is 0.238. The van der Waals surface area contributed by atoms with Crippen LogP contribution in [-0.2, 0) is 10.3 Å². The first-order chi connectivity index (χ1) is 10.5. The summed E-state index contributed by atoms with van der Waals surface area (Å²) >= 11 is 0. The van der Waals surface area contributed by atoms with Gasteiger partial charge < -0.3 is 10.4 Å². The number of nitrogens with one attached hydrogen (secondary N) is 1. The third-order valence-electron chi connectivity index (χ3n) is 3.40. The Balaban J connectivity index is 2.34. The lowest BCUT2D eigenvalue weighted by molar-refractivity contribution is -0.144. The van der Waals surface area contributed by atoms with E-state index in [9.17, 15) is 14.7 Å². The lowest BCUT2D eigenvalue weighted by atomic mass is 9.91. The second kappa shape index (κ2) is 6.10. The lowest BCUT2D eigenvalue weighted by Gasteiger charge is -2.26. The molecule has 2 aromatic rings. The van der Waals surface area contributed by atoms with Gasteiger partial charge in [0.05, 0.1) is 11.6 Å². The van der Waals surface area contributed by atoms with Gasteiger partial charge >= 0.3 is 5.97 Å². The molecule has 1 atom stereocenters. The molecule has 5 heteroatoms. The van der Waals surface area contributed by atoms with Crippen molar-refractivity contribution in [1.82, 2.24) is 5.32 Å². The van der Waals surface area contributed by atoms with Gasteiger partial charge in [0, 0.05) is 5.56 Å². The third-order valence-corrected chi connectivity index (χ3v) is 3.40. The van der Waals surface area contributed by atoms with Crippen LogP contribution in [0.1, 0.15) is 28.4 Å². The first-order valence-electron chi connectivity index (χ1n) is 6.59. The monoisotopic (exact) mass is 294 g/mol. The highest BCUT2D eigenvalue weighted by molar-refractivity contribution is 5.98. The SMILES string of the molecule is CC(NC(=O)c1cccc(C#N)c1)(C(=O)O)c1ccccc1. The third kappa shape index (κ3) is 2.96. The largest absolute Gasteiger partial charge is 0.479 e. The molecule has 0 spiro atoms. The van der Waals surface area contributed by atoms with Crippen LogP contribution in [0.3, 0.4) is 0 Å². The molecule has 5 nitrogen and oxygen atoms in total. The number of carboxylic acids is 1. The smallest absolute Gasteiger partial charge is 0.333 e. The summed E-state index contributed by atoms with van der Waals surface area (Å²) in [6, 6.07) is 16.5. The molecule has 0 aliphatic carbocycles. The van der Waals surface area contributed by atoms with Crippen molar-refractivity contribution < 1.29 is 14.7 Å². The molecule has 0 heterocycles. The molecular weight excluding hydrogens is 280 g/mol. The highest BCUT2D eigenvalue weighted by atomic mass is 16.4.